The lowest BCUT2D eigenvalue weighted by atomic mass is 9.91. The number of nitrogens with two attached hydrogens (primary N) is 1. The Bertz CT molecular complexity index is 493. The second-order valence-corrected chi connectivity index (χ2v) is 5.25. The first kappa shape index (κ1) is 13.2. The Morgan fingerprint density at radius 1 is 1.39 bits per heavy atom. The molecule has 18 heavy (non-hydrogen) atoms. The number of amides is 1. The van der Waals surface area contributed by atoms with E-state index in [0.717, 1.165) is 24.0 Å². The number of hydrogen-bond acceptors (Lipinski definition) is 1. The van der Waals surface area contributed by atoms with Gasteiger partial charge in [0.15, 0.2) is 0 Å². The van der Waals surface area contributed by atoms with Crippen molar-refractivity contribution in [2.75, 3.05) is 0 Å². The van der Waals surface area contributed by atoms with Crippen LogP contribution in [0.25, 0.3) is 5.57 Å². The van der Waals surface area contributed by atoms with Crippen molar-refractivity contribution in [3.8, 4) is 0 Å². The third-order valence-electron chi connectivity index (χ3n) is 3.56. The number of rotatable bonds is 3. The van der Waals surface area contributed by atoms with E-state index in [-0.39, 0.29) is 11.8 Å². The zero-order chi connectivity index (χ0) is 13.1. The van der Waals surface area contributed by atoms with E-state index in [2.05, 4.69) is 6.08 Å². The van der Waals surface area contributed by atoms with E-state index >= 15 is 0 Å². The Morgan fingerprint density at radius 2 is 2.17 bits per heavy atom. The summed E-state index contributed by atoms with van der Waals surface area (Å²) in [4.78, 5) is 11.2. The maximum absolute atomic E-state index is 11.2. The molecule has 0 saturated heterocycles. The lowest BCUT2D eigenvalue weighted by molar-refractivity contribution is -0.119. The minimum Gasteiger partial charge on any atom is -0.369 e. The first-order valence-corrected chi connectivity index (χ1v) is 6.75. The van der Waals surface area contributed by atoms with Gasteiger partial charge < -0.3 is 5.73 Å². The average molecular weight is 264 g/mol. The summed E-state index contributed by atoms with van der Waals surface area (Å²) in [5.41, 5.74) is 8.61. The molecule has 0 aliphatic heterocycles. The highest BCUT2D eigenvalue weighted by Gasteiger charge is 2.15. The summed E-state index contributed by atoms with van der Waals surface area (Å²) in [6.45, 7) is 1.80. The topological polar surface area (TPSA) is 43.1 Å². The van der Waals surface area contributed by atoms with E-state index in [4.69, 9.17) is 17.3 Å². The summed E-state index contributed by atoms with van der Waals surface area (Å²) in [5, 5.41) is 0.716. The van der Waals surface area contributed by atoms with Crippen LogP contribution in [0, 0.1) is 0 Å². The molecule has 1 aliphatic rings. The molecule has 0 saturated carbocycles. The molecule has 1 aromatic carbocycles. The highest BCUT2D eigenvalue weighted by Crippen LogP contribution is 2.33. The Balaban J connectivity index is 2.30. The van der Waals surface area contributed by atoms with Gasteiger partial charge in [-0.3, -0.25) is 4.79 Å². The zero-order valence-corrected chi connectivity index (χ0v) is 11.3. The molecule has 2 nitrogen and oxygen atoms in total. The van der Waals surface area contributed by atoms with Gasteiger partial charge in [-0.15, -0.1) is 0 Å². The largest absolute Gasteiger partial charge is 0.369 e. The summed E-state index contributed by atoms with van der Waals surface area (Å²) in [6, 6.07) is 5.82. The number of carbonyl (C=O) groups is 1. The van der Waals surface area contributed by atoms with Crippen molar-refractivity contribution < 1.29 is 4.79 Å². The van der Waals surface area contributed by atoms with Gasteiger partial charge in [0.25, 0.3) is 0 Å². The van der Waals surface area contributed by atoms with Crippen LogP contribution in [0.3, 0.4) is 0 Å². The number of carbonyl (C=O) groups excluding carboxylic acids is 1. The Labute approximate surface area is 113 Å². The molecule has 0 aromatic heterocycles. The summed E-state index contributed by atoms with van der Waals surface area (Å²) in [6.07, 6.45) is 6.97. The molecule has 2 N–H and O–H groups in total. The second kappa shape index (κ2) is 5.57. The molecule has 0 spiro atoms. The van der Waals surface area contributed by atoms with E-state index in [1.807, 2.05) is 18.2 Å². The van der Waals surface area contributed by atoms with Crippen LogP contribution in [0.4, 0.5) is 0 Å². The van der Waals surface area contributed by atoms with Gasteiger partial charge in [0.1, 0.15) is 0 Å². The van der Waals surface area contributed by atoms with Gasteiger partial charge in [-0.25, -0.2) is 0 Å². The predicted molar refractivity (Wildman–Crippen MR) is 75.5 cm³/mol. The highest BCUT2D eigenvalue weighted by molar-refractivity contribution is 6.32. The van der Waals surface area contributed by atoms with Crippen LogP contribution in [-0.4, -0.2) is 5.91 Å². The third-order valence-corrected chi connectivity index (χ3v) is 3.87. The summed E-state index contributed by atoms with van der Waals surface area (Å²) in [7, 11) is 0. The highest BCUT2D eigenvalue weighted by atomic mass is 35.5. The van der Waals surface area contributed by atoms with E-state index in [9.17, 15) is 4.79 Å². The maximum atomic E-state index is 11.2. The summed E-state index contributed by atoms with van der Waals surface area (Å²) < 4.78 is 0. The van der Waals surface area contributed by atoms with Crippen LogP contribution in [0.2, 0.25) is 5.02 Å². The molecule has 1 atom stereocenters. The van der Waals surface area contributed by atoms with Crippen LogP contribution in [0.5, 0.6) is 0 Å². The smallest absolute Gasteiger partial charge is 0.224 e. The normalized spacial score (nSPS) is 17.1. The number of primary amides is 1. The molecule has 2 rings (SSSR count). The monoisotopic (exact) mass is 263 g/mol. The van der Waals surface area contributed by atoms with E-state index in [0.29, 0.717) is 5.02 Å². The van der Waals surface area contributed by atoms with Gasteiger partial charge in [0.05, 0.1) is 5.92 Å². The standard InChI is InChI=1S/C15H18ClNO/c1-10(15(17)18)12-7-8-13(14(16)9-12)11-5-3-2-4-6-11/h5,7-10H,2-4,6H2,1H3,(H2,17,18). The van der Waals surface area contributed by atoms with E-state index < -0.39 is 0 Å². The molecule has 1 amide bonds. The number of benzene rings is 1. The molecule has 0 bridgehead atoms. The van der Waals surface area contributed by atoms with Gasteiger partial charge in [-0.2, -0.15) is 0 Å². The van der Waals surface area contributed by atoms with E-state index in [1.54, 1.807) is 6.92 Å². The Morgan fingerprint density at radius 3 is 2.72 bits per heavy atom. The minimum atomic E-state index is -0.323. The summed E-state index contributed by atoms with van der Waals surface area (Å²) >= 11 is 6.32. The first-order valence-electron chi connectivity index (χ1n) is 6.37. The number of halogens is 1. The van der Waals surface area contributed by atoms with Crippen molar-refractivity contribution >= 4 is 23.1 Å². The van der Waals surface area contributed by atoms with Crippen LogP contribution >= 0.6 is 11.6 Å². The number of allylic oxidation sites excluding steroid dienone is 2. The SMILES string of the molecule is CC(C(N)=O)c1ccc(C2=CCCCC2)c(Cl)c1. The minimum absolute atomic E-state index is 0.295. The van der Waals surface area contributed by atoms with Gasteiger partial charge >= 0.3 is 0 Å². The fraction of sp³-hybridized carbons (Fsp3) is 0.400. The van der Waals surface area contributed by atoms with Gasteiger partial charge in [0.2, 0.25) is 5.91 Å². The third kappa shape index (κ3) is 2.75. The maximum Gasteiger partial charge on any atom is 0.224 e. The van der Waals surface area contributed by atoms with Crippen LogP contribution in [-0.2, 0) is 4.79 Å². The first-order chi connectivity index (χ1) is 8.59. The van der Waals surface area contributed by atoms with E-state index in [1.165, 1.54) is 18.4 Å². The van der Waals surface area contributed by atoms with Crippen molar-refractivity contribution in [1.29, 1.82) is 0 Å². The van der Waals surface area contributed by atoms with Crippen molar-refractivity contribution in [1.82, 2.24) is 0 Å². The van der Waals surface area contributed by atoms with Crippen LogP contribution in [0.15, 0.2) is 24.3 Å². The average Bonchev–Trinajstić information content (AvgIpc) is 2.38. The molecule has 3 heteroatoms. The van der Waals surface area contributed by atoms with Crippen LogP contribution in [0.1, 0.15) is 49.7 Å². The van der Waals surface area contributed by atoms with Gasteiger partial charge in [-0.1, -0.05) is 29.8 Å². The fourth-order valence-electron chi connectivity index (χ4n) is 2.31. The zero-order valence-electron chi connectivity index (χ0n) is 10.6. The Kier molecular flexibility index (Phi) is 4.07. The Hall–Kier alpha value is -1.28. The molecule has 96 valence electrons. The van der Waals surface area contributed by atoms with Crippen molar-refractivity contribution in [3.63, 3.8) is 0 Å². The van der Waals surface area contributed by atoms with Crippen LogP contribution < -0.4 is 5.73 Å². The molecule has 1 aromatic rings. The molecule has 1 unspecified atom stereocenters. The second-order valence-electron chi connectivity index (χ2n) is 4.84. The molecule has 0 heterocycles. The lowest BCUT2D eigenvalue weighted by Crippen LogP contribution is -2.18. The molecular weight excluding hydrogens is 246 g/mol. The summed E-state index contributed by atoms with van der Waals surface area (Å²) in [5.74, 6) is -0.618. The van der Waals surface area contributed by atoms with Crippen molar-refractivity contribution in [2.24, 2.45) is 5.73 Å². The lowest BCUT2D eigenvalue weighted by Gasteiger charge is -2.16. The quantitative estimate of drug-likeness (QED) is 0.883. The molecule has 0 radical (unpaired) electrons. The predicted octanol–water partition coefficient (Wildman–Crippen LogP) is 3.89. The molecule has 0 fully saturated rings. The van der Waals surface area contributed by atoms with Crippen molar-refractivity contribution in [2.45, 2.75) is 38.5 Å². The molecular formula is C15H18ClNO. The van der Waals surface area contributed by atoms with Crippen molar-refractivity contribution in [3.05, 3.63) is 40.4 Å². The molecule has 1 aliphatic carbocycles. The fourth-order valence-corrected chi connectivity index (χ4v) is 2.62. The van der Waals surface area contributed by atoms with Gasteiger partial charge in [0, 0.05) is 5.02 Å². The van der Waals surface area contributed by atoms with Gasteiger partial charge in [-0.05, 0) is 55.4 Å². The number of hydrogen-bond donors (Lipinski definition) is 1.